The van der Waals surface area contributed by atoms with Crippen LogP contribution in [0.1, 0.15) is 46.0 Å². The Balaban J connectivity index is 1.97. The Morgan fingerprint density at radius 1 is 1.17 bits per heavy atom. The zero-order chi connectivity index (χ0) is 17.1. The van der Waals surface area contributed by atoms with Crippen LogP contribution in [0.15, 0.2) is 0 Å². The topological polar surface area (TPSA) is 77.9 Å². The average Bonchev–Trinajstić information content (AvgIpc) is 2.45. The molecule has 2 saturated heterocycles. The number of rotatable bonds is 6. The lowest BCUT2D eigenvalue weighted by molar-refractivity contribution is -0.140. The summed E-state index contributed by atoms with van der Waals surface area (Å²) in [5.74, 6) is 0.326. The van der Waals surface area contributed by atoms with Crippen molar-refractivity contribution in [2.45, 2.75) is 57.6 Å². The number of fused-ring (bicyclic) bond motifs is 1. The van der Waals surface area contributed by atoms with Gasteiger partial charge in [-0.2, -0.15) is 0 Å². The van der Waals surface area contributed by atoms with E-state index in [-0.39, 0.29) is 29.9 Å². The van der Waals surface area contributed by atoms with Crippen LogP contribution in [0.5, 0.6) is 0 Å². The molecule has 0 radical (unpaired) electrons. The molecule has 1 amide bonds. The van der Waals surface area contributed by atoms with E-state index in [4.69, 9.17) is 0 Å². The molecule has 2 aliphatic heterocycles. The maximum absolute atomic E-state index is 12.6. The van der Waals surface area contributed by atoms with Crippen molar-refractivity contribution in [3.63, 3.8) is 0 Å². The van der Waals surface area contributed by atoms with Crippen molar-refractivity contribution < 1.29 is 18.3 Å². The first kappa shape index (κ1) is 18.7. The van der Waals surface area contributed by atoms with Crippen LogP contribution in [0.4, 0.5) is 0 Å². The number of aliphatic hydroxyl groups is 1. The molecule has 134 valence electrons. The fourth-order valence-electron chi connectivity index (χ4n) is 3.83. The van der Waals surface area contributed by atoms with Gasteiger partial charge < -0.3 is 10.0 Å². The Morgan fingerprint density at radius 3 is 2.43 bits per heavy atom. The first-order chi connectivity index (χ1) is 10.8. The molecule has 2 rings (SSSR count). The van der Waals surface area contributed by atoms with Gasteiger partial charge in [-0.1, -0.05) is 26.7 Å². The molecule has 0 saturated carbocycles. The van der Waals surface area contributed by atoms with Crippen LogP contribution < -0.4 is 0 Å². The van der Waals surface area contributed by atoms with Crippen LogP contribution in [0.2, 0.25) is 0 Å². The van der Waals surface area contributed by atoms with Crippen LogP contribution in [-0.4, -0.2) is 78.6 Å². The SMILES string of the molecule is CCCC(O)(CCC)CC(=O)N1CCN2CCS(=O)(=O)CC2C1. The minimum absolute atomic E-state index is 0.0444. The molecular weight excluding hydrogens is 316 g/mol. The van der Waals surface area contributed by atoms with Gasteiger partial charge in [-0.05, 0) is 12.8 Å². The second kappa shape index (κ2) is 7.49. The van der Waals surface area contributed by atoms with E-state index in [0.29, 0.717) is 32.5 Å². The molecule has 6 nitrogen and oxygen atoms in total. The van der Waals surface area contributed by atoms with Crippen LogP contribution in [0, 0.1) is 0 Å². The summed E-state index contributed by atoms with van der Waals surface area (Å²) in [6.45, 7) is 6.42. The van der Waals surface area contributed by atoms with E-state index in [9.17, 15) is 18.3 Å². The summed E-state index contributed by atoms with van der Waals surface area (Å²) in [7, 11) is -2.98. The maximum Gasteiger partial charge on any atom is 0.225 e. The second-order valence-corrected chi connectivity index (χ2v) is 9.27. The highest BCUT2D eigenvalue weighted by molar-refractivity contribution is 7.91. The summed E-state index contributed by atoms with van der Waals surface area (Å²) in [4.78, 5) is 16.5. The summed E-state index contributed by atoms with van der Waals surface area (Å²) in [6.07, 6.45) is 3.10. The minimum Gasteiger partial charge on any atom is -0.389 e. The van der Waals surface area contributed by atoms with Crippen molar-refractivity contribution in [1.82, 2.24) is 9.80 Å². The highest BCUT2D eigenvalue weighted by atomic mass is 32.2. The van der Waals surface area contributed by atoms with Gasteiger partial charge in [0.2, 0.25) is 5.91 Å². The van der Waals surface area contributed by atoms with Crippen molar-refractivity contribution in [1.29, 1.82) is 0 Å². The highest BCUT2D eigenvalue weighted by Gasteiger charge is 2.38. The third kappa shape index (κ3) is 4.90. The number of nitrogens with zero attached hydrogens (tertiary/aromatic N) is 2. The van der Waals surface area contributed by atoms with E-state index >= 15 is 0 Å². The van der Waals surface area contributed by atoms with Crippen LogP contribution in [0.3, 0.4) is 0 Å². The number of piperazine rings is 1. The zero-order valence-electron chi connectivity index (χ0n) is 14.3. The Labute approximate surface area is 139 Å². The molecule has 0 aromatic heterocycles. The third-order valence-electron chi connectivity index (χ3n) is 5.00. The fourth-order valence-corrected chi connectivity index (χ4v) is 5.41. The van der Waals surface area contributed by atoms with Crippen molar-refractivity contribution in [3.05, 3.63) is 0 Å². The van der Waals surface area contributed by atoms with Gasteiger partial charge in [0.05, 0.1) is 23.5 Å². The number of hydrogen-bond acceptors (Lipinski definition) is 5. The Morgan fingerprint density at radius 2 is 1.83 bits per heavy atom. The Hall–Kier alpha value is -0.660. The van der Waals surface area contributed by atoms with E-state index in [1.54, 1.807) is 4.90 Å². The van der Waals surface area contributed by atoms with E-state index < -0.39 is 15.4 Å². The molecule has 0 spiro atoms. The molecule has 7 heteroatoms. The van der Waals surface area contributed by atoms with Gasteiger partial charge >= 0.3 is 0 Å². The number of sulfone groups is 1. The first-order valence-corrected chi connectivity index (χ1v) is 10.6. The van der Waals surface area contributed by atoms with Crippen molar-refractivity contribution in [3.8, 4) is 0 Å². The molecule has 1 unspecified atom stereocenters. The van der Waals surface area contributed by atoms with Crippen LogP contribution >= 0.6 is 0 Å². The number of carbonyl (C=O) groups excluding carboxylic acids is 1. The van der Waals surface area contributed by atoms with Crippen LogP contribution in [-0.2, 0) is 14.6 Å². The van der Waals surface area contributed by atoms with E-state index in [1.165, 1.54) is 0 Å². The fraction of sp³-hybridized carbons (Fsp3) is 0.938. The largest absolute Gasteiger partial charge is 0.389 e. The van der Waals surface area contributed by atoms with E-state index in [0.717, 1.165) is 19.4 Å². The smallest absolute Gasteiger partial charge is 0.225 e. The lowest BCUT2D eigenvalue weighted by Crippen LogP contribution is -2.60. The molecule has 0 aromatic rings. The molecule has 23 heavy (non-hydrogen) atoms. The minimum atomic E-state index is -2.98. The van der Waals surface area contributed by atoms with Crippen molar-refractivity contribution in [2.24, 2.45) is 0 Å². The van der Waals surface area contributed by atoms with Gasteiger partial charge in [-0.15, -0.1) is 0 Å². The average molecular weight is 346 g/mol. The maximum atomic E-state index is 12.6. The predicted octanol–water partition coefficient (Wildman–Crippen LogP) is 0.649. The Bertz CT molecular complexity index is 514. The summed E-state index contributed by atoms with van der Waals surface area (Å²) in [6, 6.07) is -0.0862. The molecule has 1 atom stereocenters. The van der Waals surface area contributed by atoms with Crippen molar-refractivity contribution in [2.75, 3.05) is 37.7 Å². The molecule has 0 bridgehead atoms. The monoisotopic (exact) mass is 346 g/mol. The lowest BCUT2D eigenvalue weighted by atomic mass is 9.88. The van der Waals surface area contributed by atoms with Gasteiger partial charge in [0.25, 0.3) is 0 Å². The second-order valence-electron chi connectivity index (χ2n) is 7.05. The normalized spacial score (nSPS) is 25.2. The van der Waals surface area contributed by atoms with E-state index in [1.807, 2.05) is 13.8 Å². The molecule has 2 aliphatic rings. The molecule has 1 N–H and O–H groups in total. The number of carbonyl (C=O) groups is 1. The summed E-state index contributed by atoms with van der Waals surface area (Å²) >= 11 is 0. The third-order valence-corrected chi connectivity index (χ3v) is 6.70. The van der Waals surface area contributed by atoms with Gasteiger partial charge in [0, 0.05) is 32.2 Å². The van der Waals surface area contributed by atoms with Crippen molar-refractivity contribution >= 4 is 15.7 Å². The van der Waals surface area contributed by atoms with Crippen LogP contribution in [0.25, 0.3) is 0 Å². The molecule has 2 fully saturated rings. The number of hydrogen-bond donors (Lipinski definition) is 1. The molecule has 2 heterocycles. The highest BCUT2D eigenvalue weighted by Crippen LogP contribution is 2.26. The van der Waals surface area contributed by atoms with Gasteiger partial charge in [0.1, 0.15) is 0 Å². The van der Waals surface area contributed by atoms with Gasteiger partial charge in [-0.25, -0.2) is 8.42 Å². The zero-order valence-corrected chi connectivity index (χ0v) is 15.1. The summed E-state index contributed by atoms with van der Waals surface area (Å²) in [5.41, 5.74) is -0.920. The first-order valence-electron chi connectivity index (χ1n) is 8.73. The molecule has 0 aliphatic carbocycles. The van der Waals surface area contributed by atoms with E-state index in [2.05, 4.69) is 4.90 Å². The quantitative estimate of drug-likeness (QED) is 0.764. The molecule has 0 aromatic carbocycles. The predicted molar refractivity (Wildman–Crippen MR) is 90.0 cm³/mol. The lowest BCUT2D eigenvalue weighted by Gasteiger charge is -2.44. The van der Waals surface area contributed by atoms with Gasteiger partial charge in [0.15, 0.2) is 9.84 Å². The molecular formula is C16H30N2O4S. The summed E-state index contributed by atoms with van der Waals surface area (Å²) in [5, 5.41) is 10.7. The van der Waals surface area contributed by atoms with Gasteiger partial charge in [-0.3, -0.25) is 9.69 Å². The Kier molecular flexibility index (Phi) is 6.08. The summed E-state index contributed by atoms with van der Waals surface area (Å²) < 4.78 is 23.6. The standard InChI is InChI=1S/C16H30N2O4S/c1-3-5-16(20,6-4-2)11-15(19)18-8-7-17-9-10-23(21,22)13-14(17)12-18/h14,20H,3-13H2,1-2H3. The number of amides is 1.